The second-order valence-electron chi connectivity index (χ2n) is 3.68. The van der Waals surface area contributed by atoms with Crippen LogP contribution < -0.4 is 5.32 Å². The number of anilines is 1. The van der Waals surface area contributed by atoms with Crippen LogP contribution in [0.25, 0.3) is 0 Å². The Bertz CT molecular complexity index is 534. The van der Waals surface area contributed by atoms with Crippen molar-refractivity contribution in [2.24, 2.45) is 0 Å². The summed E-state index contributed by atoms with van der Waals surface area (Å²) in [5.74, 6) is -0.135. The molecule has 0 saturated heterocycles. The van der Waals surface area contributed by atoms with Crippen LogP contribution in [0.5, 0.6) is 0 Å². The van der Waals surface area contributed by atoms with E-state index in [4.69, 9.17) is 5.11 Å². The first-order chi connectivity index (χ1) is 8.20. The third-order valence-corrected chi connectivity index (χ3v) is 3.40. The van der Waals surface area contributed by atoms with E-state index in [2.05, 4.69) is 5.32 Å². The lowest BCUT2D eigenvalue weighted by atomic mass is 10.2. The van der Waals surface area contributed by atoms with E-state index in [0.717, 1.165) is 4.88 Å². The van der Waals surface area contributed by atoms with E-state index in [1.54, 1.807) is 18.2 Å². The topological polar surface area (TPSA) is 49.3 Å². The van der Waals surface area contributed by atoms with Crippen molar-refractivity contribution in [3.63, 3.8) is 0 Å². The van der Waals surface area contributed by atoms with Gasteiger partial charge in [-0.25, -0.2) is 0 Å². The number of benzene rings is 1. The molecule has 1 aromatic carbocycles. The van der Waals surface area contributed by atoms with Gasteiger partial charge in [0.1, 0.15) is 0 Å². The molecule has 0 unspecified atom stereocenters. The van der Waals surface area contributed by atoms with E-state index < -0.39 is 0 Å². The maximum atomic E-state index is 11.9. The highest BCUT2D eigenvalue weighted by Gasteiger charge is 2.09. The fourth-order valence-corrected chi connectivity index (χ4v) is 2.28. The van der Waals surface area contributed by atoms with Gasteiger partial charge in [-0.1, -0.05) is 18.2 Å². The van der Waals surface area contributed by atoms with Crippen LogP contribution in [0.2, 0.25) is 0 Å². The third-order valence-electron chi connectivity index (χ3n) is 2.40. The number of hydrogen-bond donors (Lipinski definition) is 2. The quantitative estimate of drug-likeness (QED) is 0.876. The van der Waals surface area contributed by atoms with Crippen molar-refractivity contribution >= 4 is 22.9 Å². The molecule has 0 saturated carbocycles. The largest absolute Gasteiger partial charge is 0.392 e. The molecule has 1 amide bonds. The summed E-state index contributed by atoms with van der Waals surface area (Å²) >= 11 is 1.45. The Hall–Kier alpha value is -1.65. The van der Waals surface area contributed by atoms with E-state index in [-0.39, 0.29) is 12.5 Å². The average Bonchev–Trinajstić information content (AvgIpc) is 2.77. The van der Waals surface area contributed by atoms with Gasteiger partial charge in [0.25, 0.3) is 5.91 Å². The van der Waals surface area contributed by atoms with Crippen LogP contribution >= 0.6 is 11.3 Å². The number of carbonyl (C=O) groups is 1. The number of aliphatic hydroxyl groups excluding tert-OH is 1. The molecule has 0 atom stereocenters. The van der Waals surface area contributed by atoms with Crippen LogP contribution in [0.3, 0.4) is 0 Å². The van der Waals surface area contributed by atoms with Gasteiger partial charge in [0.05, 0.1) is 11.5 Å². The zero-order valence-electron chi connectivity index (χ0n) is 9.43. The van der Waals surface area contributed by atoms with Crippen molar-refractivity contribution in [2.75, 3.05) is 5.32 Å². The standard InChI is InChI=1S/C13H13NO2S/c1-9-6-7-12(17-9)13(16)14-11-5-3-2-4-10(11)8-15/h2-7,15H,8H2,1H3,(H,14,16). The Morgan fingerprint density at radius 1 is 1.29 bits per heavy atom. The van der Waals surface area contributed by atoms with Crippen molar-refractivity contribution < 1.29 is 9.90 Å². The molecule has 0 aliphatic heterocycles. The molecule has 4 heteroatoms. The molecule has 3 nitrogen and oxygen atoms in total. The number of aryl methyl sites for hydroxylation is 1. The van der Waals surface area contributed by atoms with Gasteiger partial charge in [0, 0.05) is 16.1 Å². The maximum Gasteiger partial charge on any atom is 0.265 e. The van der Waals surface area contributed by atoms with E-state index in [1.165, 1.54) is 11.3 Å². The van der Waals surface area contributed by atoms with Gasteiger partial charge in [0.15, 0.2) is 0 Å². The smallest absolute Gasteiger partial charge is 0.265 e. The molecule has 0 aliphatic carbocycles. The first kappa shape index (κ1) is 11.8. The minimum atomic E-state index is -0.135. The number of rotatable bonds is 3. The lowest BCUT2D eigenvalue weighted by Crippen LogP contribution is -2.11. The van der Waals surface area contributed by atoms with E-state index in [9.17, 15) is 4.79 Å². The summed E-state index contributed by atoms with van der Waals surface area (Å²) in [4.78, 5) is 13.7. The van der Waals surface area contributed by atoms with Crippen molar-refractivity contribution in [3.8, 4) is 0 Å². The molecule has 2 rings (SSSR count). The van der Waals surface area contributed by atoms with Gasteiger partial charge in [0.2, 0.25) is 0 Å². The predicted octanol–water partition coefficient (Wildman–Crippen LogP) is 2.80. The summed E-state index contributed by atoms with van der Waals surface area (Å²) in [5, 5.41) is 12.0. The zero-order chi connectivity index (χ0) is 12.3. The normalized spacial score (nSPS) is 10.2. The summed E-state index contributed by atoms with van der Waals surface area (Å²) in [5.41, 5.74) is 1.38. The molecule has 0 spiro atoms. The Balaban J connectivity index is 2.18. The molecule has 2 aromatic rings. The number of nitrogens with one attached hydrogen (secondary N) is 1. The monoisotopic (exact) mass is 247 g/mol. The number of hydrogen-bond acceptors (Lipinski definition) is 3. The van der Waals surface area contributed by atoms with Crippen LogP contribution in [-0.4, -0.2) is 11.0 Å². The molecule has 88 valence electrons. The van der Waals surface area contributed by atoms with Crippen LogP contribution in [0.15, 0.2) is 36.4 Å². The first-order valence-electron chi connectivity index (χ1n) is 5.27. The molecule has 0 radical (unpaired) electrons. The Morgan fingerprint density at radius 3 is 2.71 bits per heavy atom. The number of carbonyl (C=O) groups excluding carboxylic acids is 1. The molecule has 17 heavy (non-hydrogen) atoms. The number of thiophene rings is 1. The summed E-state index contributed by atoms with van der Waals surface area (Å²) in [6, 6.07) is 10.9. The molecule has 0 bridgehead atoms. The third kappa shape index (κ3) is 2.72. The number of aliphatic hydroxyl groups is 1. The van der Waals surface area contributed by atoms with Gasteiger partial charge < -0.3 is 10.4 Å². The van der Waals surface area contributed by atoms with E-state index >= 15 is 0 Å². The Labute approximate surface area is 104 Å². The number of para-hydroxylation sites is 1. The lowest BCUT2D eigenvalue weighted by molar-refractivity contribution is 0.103. The fraction of sp³-hybridized carbons (Fsp3) is 0.154. The molecule has 0 aliphatic rings. The van der Waals surface area contributed by atoms with Crippen LogP contribution in [-0.2, 0) is 6.61 Å². The van der Waals surface area contributed by atoms with Crippen LogP contribution in [0.1, 0.15) is 20.1 Å². The van der Waals surface area contributed by atoms with Gasteiger partial charge in [-0.2, -0.15) is 0 Å². The molecule has 0 fully saturated rings. The Morgan fingerprint density at radius 2 is 2.06 bits per heavy atom. The molecule has 1 aromatic heterocycles. The second-order valence-corrected chi connectivity index (χ2v) is 4.97. The minimum absolute atomic E-state index is 0.0834. The highest BCUT2D eigenvalue weighted by molar-refractivity contribution is 7.14. The average molecular weight is 247 g/mol. The predicted molar refractivity (Wildman–Crippen MR) is 69.4 cm³/mol. The zero-order valence-corrected chi connectivity index (χ0v) is 10.3. The summed E-state index contributed by atoms with van der Waals surface area (Å²) < 4.78 is 0. The van der Waals surface area contributed by atoms with Gasteiger partial charge in [-0.15, -0.1) is 11.3 Å². The van der Waals surface area contributed by atoms with E-state index in [0.29, 0.717) is 16.1 Å². The molecule has 1 heterocycles. The van der Waals surface area contributed by atoms with Gasteiger partial charge >= 0.3 is 0 Å². The highest BCUT2D eigenvalue weighted by Crippen LogP contribution is 2.19. The lowest BCUT2D eigenvalue weighted by Gasteiger charge is -2.07. The van der Waals surface area contributed by atoms with Gasteiger partial charge in [-0.05, 0) is 25.1 Å². The summed E-state index contributed by atoms with van der Waals surface area (Å²) in [7, 11) is 0. The van der Waals surface area contributed by atoms with Crippen molar-refractivity contribution in [2.45, 2.75) is 13.5 Å². The molecular weight excluding hydrogens is 234 g/mol. The van der Waals surface area contributed by atoms with Crippen LogP contribution in [0, 0.1) is 6.92 Å². The molecular formula is C13H13NO2S. The van der Waals surface area contributed by atoms with Crippen molar-refractivity contribution in [1.82, 2.24) is 0 Å². The minimum Gasteiger partial charge on any atom is -0.392 e. The second kappa shape index (κ2) is 5.12. The fourth-order valence-electron chi connectivity index (χ4n) is 1.52. The summed E-state index contributed by atoms with van der Waals surface area (Å²) in [6.07, 6.45) is 0. The first-order valence-corrected chi connectivity index (χ1v) is 6.09. The highest BCUT2D eigenvalue weighted by atomic mass is 32.1. The van der Waals surface area contributed by atoms with E-state index in [1.807, 2.05) is 25.1 Å². The number of amides is 1. The SMILES string of the molecule is Cc1ccc(C(=O)Nc2ccccc2CO)s1. The maximum absolute atomic E-state index is 11.9. The van der Waals surface area contributed by atoms with Gasteiger partial charge in [-0.3, -0.25) is 4.79 Å². The summed E-state index contributed by atoms with van der Waals surface area (Å²) in [6.45, 7) is 1.88. The van der Waals surface area contributed by atoms with Crippen LogP contribution in [0.4, 0.5) is 5.69 Å². The van der Waals surface area contributed by atoms with Crippen molar-refractivity contribution in [1.29, 1.82) is 0 Å². The Kier molecular flexibility index (Phi) is 3.56. The van der Waals surface area contributed by atoms with Crippen molar-refractivity contribution in [3.05, 3.63) is 51.7 Å². The molecule has 2 N–H and O–H groups in total.